The van der Waals surface area contributed by atoms with Crippen LogP contribution >= 0.6 is 35.6 Å². The van der Waals surface area contributed by atoms with E-state index in [1.807, 2.05) is 41.1 Å². The summed E-state index contributed by atoms with van der Waals surface area (Å²) >= 11 is 6.03. The van der Waals surface area contributed by atoms with Crippen molar-refractivity contribution in [3.05, 3.63) is 83.4 Å². The highest BCUT2D eigenvalue weighted by Gasteiger charge is 2.05. The van der Waals surface area contributed by atoms with E-state index in [1.165, 1.54) is 11.1 Å². The molecule has 0 radical (unpaired) electrons. The Morgan fingerprint density at radius 3 is 2.74 bits per heavy atom. The summed E-state index contributed by atoms with van der Waals surface area (Å²) in [4.78, 5) is 8.42. The van der Waals surface area contributed by atoms with E-state index in [-0.39, 0.29) is 24.0 Å². The zero-order valence-corrected chi connectivity index (χ0v) is 18.2. The molecule has 0 aliphatic heterocycles. The number of rotatable bonds is 6. The lowest BCUT2D eigenvalue weighted by molar-refractivity contribution is 0.791. The van der Waals surface area contributed by atoms with E-state index in [2.05, 4.69) is 38.8 Å². The maximum atomic E-state index is 6.03. The Morgan fingerprint density at radius 2 is 2.00 bits per heavy atom. The third kappa shape index (κ3) is 6.25. The Kier molecular flexibility index (Phi) is 8.60. The summed E-state index contributed by atoms with van der Waals surface area (Å²) in [6.45, 7) is 1.45. The number of benzene rings is 2. The number of aliphatic imine (C=N–C) groups is 1. The van der Waals surface area contributed by atoms with Gasteiger partial charge < -0.3 is 15.2 Å². The molecular weight excluding hydrogens is 473 g/mol. The zero-order chi connectivity index (χ0) is 18.2. The van der Waals surface area contributed by atoms with Gasteiger partial charge in [-0.15, -0.1) is 24.0 Å². The van der Waals surface area contributed by atoms with Crippen molar-refractivity contribution in [1.82, 2.24) is 20.2 Å². The lowest BCUT2D eigenvalue weighted by atomic mass is 10.1. The molecule has 27 heavy (non-hydrogen) atoms. The van der Waals surface area contributed by atoms with Crippen molar-refractivity contribution in [1.29, 1.82) is 0 Å². The molecule has 0 atom stereocenters. The number of halogens is 2. The summed E-state index contributed by atoms with van der Waals surface area (Å²) in [5.74, 6) is 0.771. The lowest BCUT2D eigenvalue weighted by Crippen LogP contribution is -2.38. The van der Waals surface area contributed by atoms with E-state index in [0.717, 1.165) is 29.6 Å². The zero-order valence-electron chi connectivity index (χ0n) is 15.1. The van der Waals surface area contributed by atoms with E-state index in [9.17, 15) is 0 Å². The van der Waals surface area contributed by atoms with Crippen LogP contribution in [0.1, 0.15) is 11.1 Å². The molecule has 0 bridgehead atoms. The highest BCUT2D eigenvalue weighted by atomic mass is 127. The first-order valence-corrected chi connectivity index (χ1v) is 8.89. The minimum Gasteiger partial charge on any atom is -0.356 e. The number of imidazole rings is 1. The summed E-state index contributed by atoms with van der Waals surface area (Å²) in [6, 6.07) is 16.2. The van der Waals surface area contributed by atoms with Crippen LogP contribution in [0.5, 0.6) is 0 Å². The molecule has 3 rings (SSSR count). The lowest BCUT2D eigenvalue weighted by Gasteiger charge is -2.14. The van der Waals surface area contributed by atoms with Gasteiger partial charge in [-0.3, -0.25) is 4.99 Å². The van der Waals surface area contributed by atoms with Crippen molar-refractivity contribution >= 4 is 41.5 Å². The number of nitrogens with one attached hydrogen (secondary N) is 2. The third-order valence-corrected chi connectivity index (χ3v) is 4.27. The summed E-state index contributed by atoms with van der Waals surface area (Å²) < 4.78 is 2.01. The van der Waals surface area contributed by atoms with Gasteiger partial charge in [-0.25, -0.2) is 4.98 Å². The Balaban J connectivity index is 0.00000261. The van der Waals surface area contributed by atoms with Crippen molar-refractivity contribution < 1.29 is 0 Å². The second kappa shape index (κ2) is 10.9. The maximum absolute atomic E-state index is 6.03. The van der Waals surface area contributed by atoms with E-state index in [0.29, 0.717) is 6.54 Å². The smallest absolute Gasteiger partial charge is 0.191 e. The minimum atomic E-state index is 0. The van der Waals surface area contributed by atoms with Crippen molar-refractivity contribution in [3.63, 3.8) is 0 Å². The normalized spacial score (nSPS) is 11.0. The summed E-state index contributed by atoms with van der Waals surface area (Å²) in [7, 11) is 1.77. The molecule has 0 aliphatic rings. The summed E-state index contributed by atoms with van der Waals surface area (Å²) in [5, 5.41) is 7.47. The molecular formula is C20H23ClIN5. The van der Waals surface area contributed by atoms with Crippen LogP contribution in [0.25, 0.3) is 5.69 Å². The Morgan fingerprint density at radius 1 is 1.15 bits per heavy atom. The van der Waals surface area contributed by atoms with Gasteiger partial charge in [0, 0.05) is 37.6 Å². The van der Waals surface area contributed by atoms with Crippen LogP contribution in [0, 0.1) is 0 Å². The SMILES string of the molecule is CN=C(NCCc1cccc(Cl)c1)NCc1ccccc1-n1ccnc1.I. The van der Waals surface area contributed by atoms with E-state index in [1.54, 1.807) is 19.6 Å². The first kappa shape index (κ1) is 21.2. The number of guanidine groups is 1. The minimum absolute atomic E-state index is 0. The third-order valence-electron chi connectivity index (χ3n) is 4.04. The van der Waals surface area contributed by atoms with Crippen molar-refractivity contribution in [3.8, 4) is 5.69 Å². The van der Waals surface area contributed by atoms with Crippen LogP contribution < -0.4 is 10.6 Å². The monoisotopic (exact) mass is 495 g/mol. The van der Waals surface area contributed by atoms with Crippen molar-refractivity contribution in [2.45, 2.75) is 13.0 Å². The van der Waals surface area contributed by atoms with E-state index in [4.69, 9.17) is 11.6 Å². The van der Waals surface area contributed by atoms with Gasteiger partial charge in [0.2, 0.25) is 0 Å². The van der Waals surface area contributed by atoms with Crippen molar-refractivity contribution in [2.75, 3.05) is 13.6 Å². The van der Waals surface area contributed by atoms with Gasteiger partial charge in [-0.1, -0.05) is 41.9 Å². The van der Waals surface area contributed by atoms with Crippen molar-refractivity contribution in [2.24, 2.45) is 4.99 Å². The molecule has 0 aliphatic carbocycles. The average molecular weight is 496 g/mol. The summed E-state index contributed by atoms with van der Waals surface area (Å²) in [6.07, 6.45) is 6.40. The number of aromatic nitrogens is 2. The summed E-state index contributed by atoms with van der Waals surface area (Å²) in [5.41, 5.74) is 3.47. The van der Waals surface area contributed by atoms with Crippen LogP contribution in [0.15, 0.2) is 72.2 Å². The molecule has 142 valence electrons. The molecule has 0 fully saturated rings. The molecule has 2 N–H and O–H groups in total. The predicted molar refractivity (Wildman–Crippen MR) is 122 cm³/mol. The second-order valence-corrected chi connectivity index (χ2v) is 6.27. The van der Waals surface area contributed by atoms with Crippen LogP contribution in [0.3, 0.4) is 0 Å². The van der Waals surface area contributed by atoms with Crippen LogP contribution in [-0.4, -0.2) is 29.1 Å². The standard InChI is InChI=1S/C20H22ClN5.HI/c1-22-20(24-10-9-16-5-4-7-18(21)13-16)25-14-17-6-2-3-8-19(17)26-12-11-23-15-26;/h2-8,11-13,15H,9-10,14H2,1H3,(H2,22,24,25);1H. The number of hydrogen-bond acceptors (Lipinski definition) is 2. The molecule has 5 nitrogen and oxygen atoms in total. The Labute approximate surface area is 181 Å². The average Bonchev–Trinajstić information content (AvgIpc) is 3.19. The van der Waals surface area contributed by atoms with Gasteiger partial charge in [-0.2, -0.15) is 0 Å². The van der Waals surface area contributed by atoms with E-state index < -0.39 is 0 Å². The first-order chi connectivity index (χ1) is 12.8. The molecule has 7 heteroatoms. The Bertz CT molecular complexity index is 864. The highest BCUT2D eigenvalue weighted by Crippen LogP contribution is 2.14. The van der Waals surface area contributed by atoms with Crippen LogP contribution in [0.4, 0.5) is 0 Å². The van der Waals surface area contributed by atoms with Crippen LogP contribution in [-0.2, 0) is 13.0 Å². The van der Waals surface area contributed by atoms with Gasteiger partial charge in [0.25, 0.3) is 0 Å². The molecule has 0 saturated heterocycles. The molecule has 1 aromatic heterocycles. The van der Waals surface area contributed by atoms with E-state index >= 15 is 0 Å². The molecule has 0 unspecified atom stereocenters. The second-order valence-electron chi connectivity index (χ2n) is 5.83. The highest BCUT2D eigenvalue weighted by molar-refractivity contribution is 14.0. The Hall–Kier alpha value is -2.06. The molecule has 3 aromatic rings. The number of para-hydroxylation sites is 1. The largest absolute Gasteiger partial charge is 0.356 e. The van der Waals surface area contributed by atoms with Gasteiger partial charge in [0.1, 0.15) is 0 Å². The topological polar surface area (TPSA) is 54.2 Å². The number of hydrogen-bond donors (Lipinski definition) is 2. The molecule has 1 heterocycles. The van der Waals surface area contributed by atoms with Gasteiger partial charge in [0.15, 0.2) is 5.96 Å². The first-order valence-electron chi connectivity index (χ1n) is 8.51. The molecule has 2 aromatic carbocycles. The fourth-order valence-electron chi connectivity index (χ4n) is 2.73. The quantitative estimate of drug-likeness (QED) is 0.308. The molecule has 0 spiro atoms. The fraction of sp³-hybridized carbons (Fsp3) is 0.200. The fourth-order valence-corrected chi connectivity index (χ4v) is 2.94. The van der Waals surface area contributed by atoms with Gasteiger partial charge in [0.05, 0.1) is 12.0 Å². The maximum Gasteiger partial charge on any atom is 0.191 e. The molecule has 0 saturated carbocycles. The van der Waals surface area contributed by atoms with Gasteiger partial charge in [-0.05, 0) is 35.7 Å². The number of nitrogens with zero attached hydrogens (tertiary/aromatic N) is 3. The molecule has 0 amide bonds. The predicted octanol–water partition coefficient (Wildman–Crippen LogP) is 4.05. The van der Waals surface area contributed by atoms with Crippen LogP contribution in [0.2, 0.25) is 5.02 Å². The van der Waals surface area contributed by atoms with Gasteiger partial charge >= 0.3 is 0 Å².